The third kappa shape index (κ3) is 5.06. The number of hydrogen-bond donors (Lipinski definition) is 2. The molecule has 0 fully saturated rings. The van der Waals surface area contributed by atoms with Gasteiger partial charge in [-0.15, -0.1) is 0 Å². The average Bonchev–Trinajstić information content (AvgIpc) is 3.34. The average molecular weight is 516 g/mol. The highest BCUT2D eigenvalue weighted by atomic mass is 35.5. The number of halogens is 2. The van der Waals surface area contributed by atoms with Gasteiger partial charge < -0.3 is 15.2 Å². The van der Waals surface area contributed by atoms with Crippen LogP contribution in [0.4, 0.5) is 11.4 Å². The van der Waals surface area contributed by atoms with Gasteiger partial charge in [0.2, 0.25) is 0 Å². The van der Waals surface area contributed by atoms with Crippen LogP contribution in [0, 0.1) is 20.8 Å². The van der Waals surface area contributed by atoms with Crippen LogP contribution in [0.5, 0.6) is 0 Å². The van der Waals surface area contributed by atoms with Gasteiger partial charge in [0.15, 0.2) is 0 Å². The molecule has 4 aromatic rings. The van der Waals surface area contributed by atoms with E-state index in [1.54, 1.807) is 0 Å². The predicted molar refractivity (Wildman–Crippen MR) is 151 cm³/mol. The lowest BCUT2D eigenvalue weighted by Gasteiger charge is -2.20. The first-order chi connectivity index (χ1) is 17.3. The van der Waals surface area contributed by atoms with E-state index in [4.69, 9.17) is 23.2 Å². The van der Waals surface area contributed by atoms with Gasteiger partial charge in [-0.2, -0.15) is 0 Å². The van der Waals surface area contributed by atoms with E-state index < -0.39 is 0 Å². The summed E-state index contributed by atoms with van der Waals surface area (Å²) in [6.07, 6.45) is 2.21. The molecule has 0 bridgehead atoms. The molecule has 3 aromatic carbocycles. The molecule has 2 N–H and O–H groups in total. The Labute approximate surface area is 221 Å². The fourth-order valence-corrected chi connectivity index (χ4v) is 5.03. The van der Waals surface area contributed by atoms with Crippen molar-refractivity contribution in [3.63, 3.8) is 0 Å². The van der Waals surface area contributed by atoms with E-state index in [1.165, 1.54) is 11.1 Å². The molecule has 0 saturated carbocycles. The predicted octanol–water partition coefficient (Wildman–Crippen LogP) is 8.06. The van der Waals surface area contributed by atoms with Gasteiger partial charge in [0.1, 0.15) is 0 Å². The van der Waals surface area contributed by atoms with Crippen molar-refractivity contribution in [3.8, 4) is 0 Å². The SMILES string of the molecule is Cc1cccc(C(=O)Nc2ccc3c(c2)C(=Cc2[nH]c(C)cc2C)CN3Cc2ccc(Cl)c(Cl)c2)c1. The number of fused-ring (bicyclic) bond motifs is 1. The van der Waals surface area contributed by atoms with Gasteiger partial charge in [-0.25, -0.2) is 0 Å². The van der Waals surface area contributed by atoms with E-state index in [2.05, 4.69) is 53.3 Å². The zero-order valence-electron chi connectivity index (χ0n) is 20.5. The van der Waals surface area contributed by atoms with Crippen molar-refractivity contribution >= 4 is 52.1 Å². The maximum Gasteiger partial charge on any atom is 0.255 e. The maximum atomic E-state index is 12.9. The van der Waals surface area contributed by atoms with Gasteiger partial charge in [-0.3, -0.25) is 4.79 Å². The first-order valence-corrected chi connectivity index (χ1v) is 12.6. The molecule has 182 valence electrons. The second-order valence-electron chi connectivity index (χ2n) is 9.38. The molecular formula is C30H27Cl2N3O. The zero-order chi connectivity index (χ0) is 25.4. The van der Waals surface area contributed by atoms with Crippen LogP contribution in [-0.4, -0.2) is 17.4 Å². The molecule has 36 heavy (non-hydrogen) atoms. The number of carbonyl (C=O) groups excluding carboxylic acids is 1. The molecule has 0 unspecified atom stereocenters. The molecule has 1 aliphatic rings. The standard InChI is InChI=1S/C30H27Cl2N3O/c1-18-5-4-6-22(11-18)30(36)34-24-8-10-29-25(15-24)23(14-28-19(2)12-20(3)33-28)17-35(29)16-21-7-9-26(31)27(32)13-21/h4-15,33H,16-17H2,1-3H3,(H,34,36). The third-order valence-corrected chi connectivity index (χ3v) is 7.19. The Morgan fingerprint density at radius 2 is 1.83 bits per heavy atom. The summed E-state index contributed by atoms with van der Waals surface area (Å²) in [6.45, 7) is 7.59. The number of nitrogens with zero attached hydrogens (tertiary/aromatic N) is 1. The van der Waals surface area contributed by atoms with Crippen molar-refractivity contribution in [1.82, 2.24) is 4.98 Å². The highest BCUT2D eigenvalue weighted by Crippen LogP contribution is 2.40. The zero-order valence-corrected chi connectivity index (χ0v) is 22.0. The largest absolute Gasteiger partial charge is 0.362 e. The number of nitrogens with one attached hydrogen (secondary N) is 2. The maximum absolute atomic E-state index is 12.9. The van der Waals surface area contributed by atoms with Crippen molar-refractivity contribution < 1.29 is 4.79 Å². The number of amides is 1. The van der Waals surface area contributed by atoms with Crippen LogP contribution in [0.15, 0.2) is 66.7 Å². The smallest absolute Gasteiger partial charge is 0.255 e. The molecule has 2 heterocycles. The summed E-state index contributed by atoms with van der Waals surface area (Å²) in [5, 5.41) is 4.17. The second-order valence-corrected chi connectivity index (χ2v) is 10.2. The first-order valence-electron chi connectivity index (χ1n) is 11.8. The third-order valence-electron chi connectivity index (χ3n) is 6.45. The molecule has 0 spiro atoms. The highest BCUT2D eigenvalue weighted by molar-refractivity contribution is 6.42. The second kappa shape index (κ2) is 9.88. The van der Waals surface area contributed by atoms with Gasteiger partial charge in [0.25, 0.3) is 5.91 Å². The number of aryl methyl sites for hydroxylation is 3. The minimum Gasteiger partial charge on any atom is -0.362 e. The molecule has 4 nitrogen and oxygen atoms in total. The molecule has 0 saturated heterocycles. The Balaban J connectivity index is 1.49. The number of aromatic amines is 1. The Morgan fingerprint density at radius 3 is 2.56 bits per heavy atom. The molecule has 1 aromatic heterocycles. The molecule has 0 atom stereocenters. The van der Waals surface area contributed by atoms with Gasteiger partial charge in [-0.1, -0.05) is 47.0 Å². The van der Waals surface area contributed by atoms with Gasteiger partial charge in [-0.05, 0) is 92.1 Å². The number of anilines is 2. The van der Waals surface area contributed by atoms with Crippen LogP contribution in [0.3, 0.4) is 0 Å². The summed E-state index contributed by atoms with van der Waals surface area (Å²) in [5.74, 6) is -0.120. The molecule has 0 aliphatic carbocycles. The fraction of sp³-hybridized carbons (Fsp3) is 0.167. The lowest BCUT2D eigenvalue weighted by Crippen LogP contribution is -2.19. The summed E-state index contributed by atoms with van der Waals surface area (Å²) in [7, 11) is 0. The Bertz CT molecular complexity index is 1500. The van der Waals surface area contributed by atoms with Crippen molar-refractivity contribution in [3.05, 3.63) is 116 Å². The van der Waals surface area contributed by atoms with E-state index in [0.29, 0.717) is 22.2 Å². The van der Waals surface area contributed by atoms with Gasteiger partial charge >= 0.3 is 0 Å². The Morgan fingerprint density at radius 1 is 1.00 bits per heavy atom. The number of benzene rings is 3. The molecule has 1 aliphatic heterocycles. The summed E-state index contributed by atoms with van der Waals surface area (Å²) in [5.41, 5.74) is 10.4. The monoisotopic (exact) mass is 515 g/mol. The van der Waals surface area contributed by atoms with E-state index in [-0.39, 0.29) is 5.91 Å². The van der Waals surface area contributed by atoms with Crippen molar-refractivity contribution in [1.29, 1.82) is 0 Å². The van der Waals surface area contributed by atoms with Gasteiger partial charge in [0, 0.05) is 47.0 Å². The van der Waals surface area contributed by atoms with E-state index in [1.807, 2.05) is 55.5 Å². The molecule has 1 amide bonds. The highest BCUT2D eigenvalue weighted by Gasteiger charge is 2.25. The van der Waals surface area contributed by atoms with Crippen LogP contribution in [0.1, 0.15) is 44.0 Å². The lowest BCUT2D eigenvalue weighted by molar-refractivity contribution is 0.102. The number of carbonyl (C=O) groups is 1. The van der Waals surface area contributed by atoms with E-state index in [0.717, 1.165) is 46.0 Å². The van der Waals surface area contributed by atoms with Crippen LogP contribution in [0.25, 0.3) is 11.6 Å². The van der Waals surface area contributed by atoms with E-state index in [9.17, 15) is 4.79 Å². The van der Waals surface area contributed by atoms with Crippen LogP contribution < -0.4 is 10.2 Å². The Kier molecular flexibility index (Phi) is 6.65. The number of hydrogen-bond acceptors (Lipinski definition) is 2. The Hall–Kier alpha value is -3.47. The first kappa shape index (κ1) is 24.2. The van der Waals surface area contributed by atoms with Crippen molar-refractivity contribution in [2.24, 2.45) is 0 Å². The molecular weight excluding hydrogens is 489 g/mol. The van der Waals surface area contributed by atoms with Gasteiger partial charge in [0.05, 0.1) is 10.0 Å². The van der Waals surface area contributed by atoms with Crippen molar-refractivity contribution in [2.45, 2.75) is 27.3 Å². The summed E-state index contributed by atoms with van der Waals surface area (Å²) >= 11 is 12.4. The number of aromatic nitrogens is 1. The molecule has 5 rings (SSSR count). The number of rotatable bonds is 5. The van der Waals surface area contributed by atoms with Crippen LogP contribution >= 0.6 is 23.2 Å². The van der Waals surface area contributed by atoms with Crippen molar-refractivity contribution in [2.75, 3.05) is 16.8 Å². The van der Waals surface area contributed by atoms with Crippen LogP contribution in [0.2, 0.25) is 10.0 Å². The normalized spacial score (nSPS) is 13.8. The summed E-state index contributed by atoms with van der Waals surface area (Å²) in [6, 6.07) is 21.6. The summed E-state index contributed by atoms with van der Waals surface area (Å²) in [4.78, 5) is 18.7. The van der Waals surface area contributed by atoms with E-state index >= 15 is 0 Å². The number of H-pyrrole nitrogens is 1. The quantitative estimate of drug-likeness (QED) is 0.282. The lowest BCUT2D eigenvalue weighted by atomic mass is 10.0. The van der Waals surface area contributed by atoms with Crippen LogP contribution in [-0.2, 0) is 6.54 Å². The minimum atomic E-state index is -0.120. The molecule has 0 radical (unpaired) electrons. The minimum absolute atomic E-state index is 0.120. The summed E-state index contributed by atoms with van der Waals surface area (Å²) < 4.78 is 0. The fourth-order valence-electron chi connectivity index (χ4n) is 4.71. The molecule has 6 heteroatoms. The topological polar surface area (TPSA) is 48.1 Å².